The summed E-state index contributed by atoms with van der Waals surface area (Å²) in [6.45, 7) is 2.06. The Labute approximate surface area is 122 Å². The van der Waals surface area contributed by atoms with Gasteiger partial charge in [-0.25, -0.2) is 4.98 Å². The Bertz CT molecular complexity index is 704. The second-order valence-electron chi connectivity index (χ2n) is 5.10. The number of nitrogens with two attached hydrogens (primary N) is 1. The van der Waals surface area contributed by atoms with Crippen LogP contribution in [0.5, 0.6) is 0 Å². The molecule has 0 saturated carbocycles. The van der Waals surface area contributed by atoms with Crippen molar-refractivity contribution in [3.05, 3.63) is 65.3 Å². The van der Waals surface area contributed by atoms with Gasteiger partial charge < -0.3 is 15.2 Å². The summed E-state index contributed by atoms with van der Waals surface area (Å²) in [6, 6.07) is 7.92. The highest BCUT2D eigenvalue weighted by Crippen LogP contribution is 2.14. The Morgan fingerprint density at radius 2 is 2.29 bits per heavy atom. The van der Waals surface area contributed by atoms with Gasteiger partial charge >= 0.3 is 0 Å². The van der Waals surface area contributed by atoms with Gasteiger partial charge in [0, 0.05) is 24.7 Å². The molecule has 0 aliphatic rings. The number of aromatic nitrogens is 4. The van der Waals surface area contributed by atoms with Crippen LogP contribution in [0, 0.1) is 6.92 Å². The number of aryl methyl sites for hydroxylation is 1. The summed E-state index contributed by atoms with van der Waals surface area (Å²) in [6.07, 6.45) is 4.59. The number of aromatic amines is 1. The van der Waals surface area contributed by atoms with E-state index in [1.165, 1.54) is 5.56 Å². The van der Waals surface area contributed by atoms with Crippen molar-refractivity contribution in [2.24, 2.45) is 5.73 Å². The Kier molecular flexibility index (Phi) is 3.79. The quantitative estimate of drug-likeness (QED) is 0.746. The molecule has 0 bridgehead atoms. The maximum absolute atomic E-state index is 6.07. The van der Waals surface area contributed by atoms with Gasteiger partial charge in [-0.05, 0) is 12.5 Å². The highest BCUT2D eigenvalue weighted by atomic mass is 16.5. The first-order valence-electron chi connectivity index (χ1n) is 6.81. The van der Waals surface area contributed by atoms with E-state index in [-0.39, 0.29) is 6.04 Å². The standard InChI is InChI=1S/C15H17N5O/c1-10-3-2-4-11(5-10)6-14-19-15(21-20-14)13(16)7-12-8-17-9-18-12/h2-5,8-9,13H,6-7,16H2,1H3,(H,17,18). The van der Waals surface area contributed by atoms with E-state index in [1.807, 2.05) is 12.1 Å². The molecule has 2 heterocycles. The molecule has 6 nitrogen and oxygen atoms in total. The van der Waals surface area contributed by atoms with E-state index in [2.05, 4.69) is 39.2 Å². The van der Waals surface area contributed by atoms with Crippen molar-refractivity contribution < 1.29 is 4.52 Å². The van der Waals surface area contributed by atoms with Gasteiger partial charge in [0.05, 0.1) is 12.4 Å². The van der Waals surface area contributed by atoms with Crippen molar-refractivity contribution in [2.75, 3.05) is 0 Å². The lowest BCUT2D eigenvalue weighted by Gasteiger charge is -2.03. The summed E-state index contributed by atoms with van der Waals surface area (Å²) >= 11 is 0. The van der Waals surface area contributed by atoms with Crippen LogP contribution in [-0.4, -0.2) is 20.1 Å². The van der Waals surface area contributed by atoms with E-state index in [1.54, 1.807) is 12.5 Å². The summed E-state index contributed by atoms with van der Waals surface area (Å²) in [7, 11) is 0. The van der Waals surface area contributed by atoms with Crippen molar-refractivity contribution in [1.82, 2.24) is 20.1 Å². The largest absolute Gasteiger partial charge is 0.348 e. The third-order valence-electron chi connectivity index (χ3n) is 3.24. The minimum absolute atomic E-state index is 0.329. The van der Waals surface area contributed by atoms with Gasteiger partial charge in [-0.3, -0.25) is 0 Å². The summed E-state index contributed by atoms with van der Waals surface area (Å²) in [5, 5.41) is 4.00. The topological polar surface area (TPSA) is 93.6 Å². The fourth-order valence-corrected chi connectivity index (χ4v) is 2.22. The molecule has 1 atom stereocenters. The number of nitrogens with zero attached hydrogens (tertiary/aromatic N) is 3. The highest BCUT2D eigenvalue weighted by molar-refractivity contribution is 5.24. The Balaban J connectivity index is 1.68. The lowest BCUT2D eigenvalue weighted by Crippen LogP contribution is -2.14. The first kappa shape index (κ1) is 13.5. The third-order valence-corrected chi connectivity index (χ3v) is 3.24. The Morgan fingerprint density at radius 1 is 1.38 bits per heavy atom. The van der Waals surface area contributed by atoms with Gasteiger partial charge in [-0.1, -0.05) is 35.0 Å². The molecule has 3 rings (SSSR count). The molecule has 3 aromatic rings. The summed E-state index contributed by atoms with van der Waals surface area (Å²) in [4.78, 5) is 11.3. The predicted molar refractivity (Wildman–Crippen MR) is 77.5 cm³/mol. The minimum atomic E-state index is -0.329. The lowest BCUT2D eigenvalue weighted by atomic mass is 10.1. The molecule has 0 spiro atoms. The number of H-pyrrole nitrogens is 1. The molecule has 0 aliphatic carbocycles. The second kappa shape index (κ2) is 5.88. The maximum Gasteiger partial charge on any atom is 0.243 e. The fourth-order valence-electron chi connectivity index (χ4n) is 2.22. The van der Waals surface area contributed by atoms with E-state index in [0.29, 0.717) is 24.6 Å². The lowest BCUT2D eigenvalue weighted by molar-refractivity contribution is 0.350. The molecule has 0 saturated heterocycles. The van der Waals surface area contributed by atoms with Gasteiger partial charge in [0.1, 0.15) is 0 Å². The van der Waals surface area contributed by atoms with Gasteiger partial charge in [-0.15, -0.1) is 0 Å². The molecule has 0 fully saturated rings. The van der Waals surface area contributed by atoms with Crippen LogP contribution < -0.4 is 5.73 Å². The number of benzene rings is 1. The molecule has 1 aromatic carbocycles. The monoisotopic (exact) mass is 283 g/mol. The van der Waals surface area contributed by atoms with E-state index in [4.69, 9.17) is 10.3 Å². The summed E-state index contributed by atoms with van der Waals surface area (Å²) in [5.74, 6) is 1.10. The molecule has 6 heteroatoms. The number of imidazole rings is 1. The minimum Gasteiger partial charge on any atom is -0.348 e. The number of hydrogen-bond acceptors (Lipinski definition) is 5. The van der Waals surface area contributed by atoms with Gasteiger partial charge in [0.15, 0.2) is 5.82 Å². The number of rotatable bonds is 5. The van der Waals surface area contributed by atoms with E-state index in [9.17, 15) is 0 Å². The van der Waals surface area contributed by atoms with Crippen molar-refractivity contribution >= 4 is 0 Å². The van der Waals surface area contributed by atoms with E-state index >= 15 is 0 Å². The zero-order valence-electron chi connectivity index (χ0n) is 11.8. The van der Waals surface area contributed by atoms with Crippen molar-refractivity contribution in [3.63, 3.8) is 0 Å². The van der Waals surface area contributed by atoms with Crippen LogP contribution in [0.2, 0.25) is 0 Å². The average molecular weight is 283 g/mol. The van der Waals surface area contributed by atoms with Crippen LogP contribution in [0.25, 0.3) is 0 Å². The molecular weight excluding hydrogens is 266 g/mol. The first-order valence-corrected chi connectivity index (χ1v) is 6.81. The Hall–Kier alpha value is -2.47. The molecule has 0 aliphatic heterocycles. The van der Waals surface area contributed by atoms with Gasteiger partial charge in [0.25, 0.3) is 0 Å². The maximum atomic E-state index is 6.07. The van der Waals surface area contributed by atoms with E-state index in [0.717, 1.165) is 11.3 Å². The van der Waals surface area contributed by atoms with Crippen molar-refractivity contribution in [2.45, 2.75) is 25.8 Å². The number of hydrogen-bond donors (Lipinski definition) is 2. The zero-order chi connectivity index (χ0) is 14.7. The number of nitrogens with one attached hydrogen (secondary N) is 1. The normalized spacial score (nSPS) is 12.5. The highest BCUT2D eigenvalue weighted by Gasteiger charge is 2.16. The molecule has 2 aromatic heterocycles. The molecule has 0 radical (unpaired) electrons. The molecule has 3 N–H and O–H groups in total. The first-order chi connectivity index (χ1) is 10.2. The van der Waals surface area contributed by atoms with Crippen LogP contribution in [0.15, 0.2) is 41.3 Å². The van der Waals surface area contributed by atoms with Gasteiger partial charge in [-0.2, -0.15) is 4.98 Å². The molecule has 108 valence electrons. The van der Waals surface area contributed by atoms with Crippen molar-refractivity contribution in [1.29, 1.82) is 0 Å². The van der Waals surface area contributed by atoms with Crippen LogP contribution in [-0.2, 0) is 12.8 Å². The smallest absolute Gasteiger partial charge is 0.243 e. The van der Waals surface area contributed by atoms with Crippen LogP contribution >= 0.6 is 0 Å². The molecular formula is C15H17N5O. The second-order valence-corrected chi connectivity index (χ2v) is 5.10. The van der Waals surface area contributed by atoms with Gasteiger partial charge in [0.2, 0.25) is 5.89 Å². The third kappa shape index (κ3) is 3.35. The summed E-state index contributed by atoms with van der Waals surface area (Å²) in [5.41, 5.74) is 9.39. The molecule has 1 unspecified atom stereocenters. The SMILES string of the molecule is Cc1cccc(Cc2noc(C(N)Cc3cnc[nH]3)n2)c1. The summed E-state index contributed by atoms with van der Waals surface area (Å²) < 4.78 is 5.26. The van der Waals surface area contributed by atoms with Crippen LogP contribution in [0.4, 0.5) is 0 Å². The molecule has 0 amide bonds. The Morgan fingerprint density at radius 3 is 3.05 bits per heavy atom. The van der Waals surface area contributed by atoms with Crippen LogP contribution in [0.3, 0.4) is 0 Å². The average Bonchev–Trinajstić information content (AvgIpc) is 3.10. The predicted octanol–water partition coefficient (Wildman–Crippen LogP) is 1.93. The van der Waals surface area contributed by atoms with E-state index < -0.39 is 0 Å². The van der Waals surface area contributed by atoms with Crippen molar-refractivity contribution in [3.8, 4) is 0 Å². The molecule has 21 heavy (non-hydrogen) atoms. The fraction of sp³-hybridized carbons (Fsp3) is 0.267. The zero-order valence-corrected chi connectivity index (χ0v) is 11.8. The van der Waals surface area contributed by atoms with Crippen LogP contribution in [0.1, 0.15) is 34.6 Å².